The van der Waals surface area contributed by atoms with E-state index >= 15 is 0 Å². The van der Waals surface area contributed by atoms with Crippen LogP contribution in [-0.4, -0.2) is 43.8 Å². The number of amides is 1. The number of carbonyl (C=O) groups is 1. The zero-order valence-electron chi connectivity index (χ0n) is 11.6. The summed E-state index contributed by atoms with van der Waals surface area (Å²) in [5.74, 6) is 0.194. The van der Waals surface area contributed by atoms with Gasteiger partial charge in [0.15, 0.2) is 9.84 Å². The van der Waals surface area contributed by atoms with Gasteiger partial charge in [0, 0.05) is 25.2 Å². The molecule has 1 aliphatic rings. The molecular weight excluding hydrogens is 276 g/mol. The van der Waals surface area contributed by atoms with Crippen LogP contribution < -0.4 is 5.73 Å². The minimum absolute atomic E-state index is 0.146. The quantitative estimate of drug-likeness (QED) is 0.888. The fourth-order valence-corrected chi connectivity index (χ4v) is 4.22. The van der Waals surface area contributed by atoms with E-state index in [1.807, 2.05) is 19.1 Å². The standard InChI is InChI=1S/C14H20N2O3S/c1-11-8-16(6-7-20(18,19)10-11)9-12-2-4-13(5-3-12)14(15)17/h2-5,11H,6-10H2,1H3,(H2,15,17). The molecule has 0 radical (unpaired) electrons. The molecule has 110 valence electrons. The predicted molar refractivity (Wildman–Crippen MR) is 78.1 cm³/mol. The highest BCUT2D eigenvalue weighted by Crippen LogP contribution is 2.14. The van der Waals surface area contributed by atoms with Crippen molar-refractivity contribution in [3.8, 4) is 0 Å². The number of rotatable bonds is 3. The van der Waals surface area contributed by atoms with Gasteiger partial charge >= 0.3 is 0 Å². The van der Waals surface area contributed by atoms with Crippen LogP contribution in [0.5, 0.6) is 0 Å². The number of hydrogen-bond acceptors (Lipinski definition) is 4. The number of carbonyl (C=O) groups excluding carboxylic acids is 1. The first-order valence-electron chi connectivity index (χ1n) is 6.67. The van der Waals surface area contributed by atoms with E-state index < -0.39 is 15.7 Å². The van der Waals surface area contributed by atoms with Crippen LogP contribution in [-0.2, 0) is 16.4 Å². The van der Waals surface area contributed by atoms with E-state index in [2.05, 4.69) is 4.90 Å². The topological polar surface area (TPSA) is 80.5 Å². The molecule has 1 heterocycles. The lowest BCUT2D eigenvalue weighted by Crippen LogP contribution is -2.28. The molecule has 0 aromatic heterocycles. The molecular formula is C14H20N2O3S. The van der Waals surface area contributed by atoms with Crippen LogP contribution in [0.1, 0.15) is 22.8 Å². The lowest BCUT2D eigenvalue weighted by atomic mass is 10.1. The van der Waals surface area contributed by atoms with Crippen LogP contribution in [0.4, 0.5) is 0 Å². The molecule has 0 bridgehead atoms. The summed E-state index contributed by atoms with van der Waals surface area (Å²) < 4.78 is 23.4. The maximum atomic E-state index is 11.7. The van der Waals surface area contributed by atoms with Crippen molar-refractivity contribution >= 4 is 15.7 Å². The van der Waals surface area contributed by atoms with Gasteiger partial charge in [-0.15, -0.1) is 0 Å². The second-order valence-electron chi connectivity index (χ2n) is 5.52. The molecule has 5 nitrogen and oxygen atoms in total. The normalized spacial score (nSPS) is 23.1. The number of nitrogens with two attached hydrogens (primary N) is 1. The van der Waals surface area contributed by atoms with Gasteiger partial charge in [-0.25, -0.2) is 8.42 Å². The molecule has 0 aliphatic carbocycles. The van der Waals surface area contributed by atoms with Crippen molar-refractivity contribution in [1.82, 2.24) is 4.90 Å². The van der Waals surface area contributed by atoms with Crippen molar-refractivity contribution in [3.05, 3.63) is 35.4 Å². The number of sulfone groups is 1. The average Bonchev–Trinajstić information content (AvgIpc) is 2.48. The van der Waals surface area contributed by atoms with Gasteiger partial charge in [0.05, 0.1) is 11.5 Å². The Kier molecular flexibility index (Phi) is 4.45. The van der Waals surface area contributed by atoms with Gasteiger partial charge in [0.25, 0.3) is 0 Å². The third-order valence-electron chi connectivity index (χ3n) is 3.47. The average molecular weight is 296 g/mol. The molecule has 1 aromatic carbocycles. The minimum Gasteiger partial charge on any atom is -0.366 e. The van der Waals surface area contributed by atoms with E-state index in [4.69, 9.17) is 5.73 Å². The Bertz CT molecular complexity index is 581. The second kappa shape index (κ2) is 5.93. The number of nitrogens with zero attached hydrogens (tertiary/aromatic N) is 1. The Hall–Kier alpha value is -1.40. The van der Waals surface area contributed by atoms with Gasteiger partial charge in [0.1, 0.15) is 0 Å². The summed E-state index contributed by atoms with van der Waals surface area (Å²) in [6.45, 7) is 3.99. The lowest BCUT2D eigenvalue weighted by Gasteiger charge is -2.21. The fraction of sp³-hybridized carbons (Fsp3) is 0.500. The highest BCUT2D eigenvalue weighted by Gasteiger charge is 2.24. The van der Waals surface area contributed by atoms with E-state index in [1.165, 1.54) is 0 Å². The van der Waals surface area contributed by atoms with Crippen molar-refractivity contribution < 1.29 is 13.2 Å². The molecule has 0 saturated carbocycles. The molecule has 1 fully saturated rings. The third kappa shape index (κ3) is 4.05. The van der Waals surface area contributed by atoms with Crippen molar-refractivity contribution in [3.63, 3.8) is 0 Å². The highest BCUT2D eigenvalue weighted by molar-refractivity contribution is 7.91. The van der Waals surface area contributed by atoms with Gasteiger partial charge in [-0.3, -0.25) is 9.69 Å². The fourth-order valence-electron chi connectivity index (χ4n) is 2.55. The van der Waals surface area contributed by atoms with Crippen LogP contribution in [0.15, 0.2) is 24.3 Å². The van der Waals surface area contributed by atoms with Crippen LogP contribution in [0, 0.1) is 5.92 Å². The van der Waals surface area contributed by atoms with Gasteiger partial charge < -0.3 is 5.73 Å². The molecule has 1 atom stereocenters. The molecule has 1 saturated heterocycles. The second-order valence-corrected chi connectivity index (χ2v) is 7.74. The molecule has 2 rings (SSSR count). The van der Waals surface area contributed by atoms with Crippen LogP contribution >= 0.6 is 0 Å². The lowest BCUT2D eigenvalue weighted by molar-refractivity contribution is 0.100. The minimum atomic E-state index is -2.91. The van der Waals surface area contributed by atoms with E-state index in [0.717, 1.165) is 12.1 Å². The first-order valence-corrected chi connectivity index (χ1v) is 8.49. The Morgan fingerprint density at radius 2 is 2.00 bits per heavy atom. The Labute approximate surface area is 119 Å². The summed E-state index contributed by atoms with van der Waals surface area (Å²) in [6.07, 6.45) is 0. The molecule has 20 heavy (non-hydrogen) atoms. The smallest absolute Gasteiger partial charge is 0.248 e. The summed E-state index contributed by atoms with van der Waals surface area (Å²) in [7, 11) is -2.91. The summed E-state index contributed by atoms with van der Waals surface area (Å²) in [4.78, 5) is 13.2. The molecule has 1 aliphatic heterocycles. The molecule has 0 spiro atoms. The van der Waals surface area contributed by atoms with Gasteiger partial charge in [-0.05, 0) is 23.6 Å². The Morgan fingerprint density at radius 1 is 1.35 bits per heavy atom. The largest absolute Gasteiger partial charge is 0.366 e. The van der Waals surface area contributed by atoms with Gasteiger partial charge in [-0.2, -0.15) is 0 Å². The summed E-state index contributed by atoms with van der Waals surface area (Å²) in [6, 6.07) is 7.14. The number of benzene rings is 1. The number of hydrogen-bond donors (Lipinski definition) is 1. The van der Waals surface area contributed by atoms with E-state index in [9.17, 15) is 13.2 Å². The summed E-state index contributed by atoms with van der Waals surface area (Å²) in [5, 5.41) is 0. The van der Waals surface area contributed by atoms with E-state index in [1.54, 1.807) is 12.1 Å². The predicted octanol–water partition coefficient (Wildman–Crippen LogP) is 0.652. The Morgan fingerprint density at radius 3 is 2.60 bits per heavy atom. The van der Waals surface area contributed by atoms with Gasteiger partial charge in [0.2, 0.25) is 5.91 Å². The zero-order valence-corrected chi connectivity index (χ0v) is 12.4. The third-order valence-corrected chi connectivity index (χ3v) is 5.35. The monoisotopic (exact) mass is 296 g/mol. The summed E-state index contributed by atoms with van der Waals surface area (Å²) >= 11 is 0. The SMILES string of the molecule is CC1CN(Cc2ccc(C(N)=O)cc2)CCS(=O)(=O)C1. The van der Waals surface area contributed by atoms with Crippen LogP contribution in [0.2, 0.25) is 0 Å². The Balaban J connectivity index is 2.04. The van der Waals surface area contributed by atoms with Crippen molar-refractivity contribution in [2.75, 3.05) is 24.6 Å². The molecule has 1 unspecified atom stereocenters. The molecule has 6 heteroatoms. The number of primary amides is 1. The van der Waals surface area contributed by atoms with Crippen molar-refractivity contribution in [1.29, 1.82) is 0 Å². The molecule has 1 amide bonds. The van der Waals surface area contributed by atoms with E-state index in [-0.39, 0.29) is 17.4 Å². The highest BCUT2D eigenvalue weighted by atomic mass is 32.2. The molecule has 2 N–H and O–H groups in total. The summed E-state index contributed by atoms with van der Waals surface area (Å²) in [5.41, 5.74) is 6.74. The van der Waals surface area contributed by atoms with Crippen molar-refractivity contribution in [2.24, 2.45) is 11.7 Å². The maximum Gasteiger partial charge on any atom is 0.248 e. The van der Waals surface area contributed by atoms with Gasteiger partial charge in [-0.1, -0.05) is 19.1 Å². The van der Waals surface area contributed by atoms with E-state index in [0.29, 0.717) is 18.7 Å². The van der Waals surface area contributed by atoms with Crippen LogP contribution in [0.3, 0.4) is 0 Å². The molecule has 1 aromatic rings. The van der Waals surface area contributed by atoms with Crippen molar-refractivity contribution in [2.45, 2.75) is 13.5 Å². The maximum absolute atomic E-state index is 11.7. The van der Waals surface area contributed by atoms with Crippen LogP contribution in [0.25, 0.3) is 0 Å². The first-order chi connectivity index (χ1) is 9.35. The zero-order chi connectivity index (χ0) is 14.8. The first kappa shape index (κ1) is 15.0.